The molecule has 0 fully saturated rings. The van der Waals surface area contributed by atoms with E-state index in [1.165, 1.54) is 13.2 Å². The van der Waals surface area contributed by atoms with Crippen molar-refractivity contribution in [2.75, 3.05) is 7.11 Å². The number of aliphatic hydroxyl groups is 1. The number of nitrogens with zero attached hydrogens (tertiary/aromatic N) is 1. The second-order valence-corrected chi connectivity index (χ2v) is 2.85. The van der Waals surface area contributed by atoms with Crippen LogP contribution in [0.5, 0.6) is 5.75 Å². The number of rotatable bonds is 3. The smallest absolute Gasteiger partial charge is 0.269 e. The molecule has 0 bridgehead atoms. The van der Waals surface area contributed by atoms with Gasteiger partial charge in [-0.1, -0.05) is 11.6 Å². The number of methoxy groups -OCH3 is 1. The van der Waals surface area contributed by atoms with Gasteiger partial charge < -0.3 is 9.84 Å². The van der Waals surface area contributed by atoms with Crippen molar-refractivity contribution in [2.24, 2.45) is 0 Å². The van der Waals surface area contributed by atoms with E-state index >= 15 is 0 Å². The Labute approximate surface area is 84.3 Å². The van der Waals surface area contributed by atoms with Crippen LogP contribution in [0.1, 0.15) is 17.7 Å². The summed E-state index contributed by atoms with van der Waals surface area (Å²) < 4.78 is 29.8. The largest absolute Gasteiger partial charge is 0.496 e. The lowest BCUT2D eigenvalue weighted by atomic mass is 10.2. The zero-order valence-corrected chi connectivity index (χ0v) is 8.05. The average Bonchev–Trinajstić information content (AvgIpc) is 2.15. The molecule has 0 saturated heterocycles. The van der Waals surface area contributed by atoms with Gasteiger partial charge in [0.25, 0.3) is 6.43 Å². The SMILES string of the molecule is COc1cc(Cl)nc(CO)c1C(F)F. The van der Waals surface area contributed by atoms with Gasteiger partial charge in [-0.3, -0.25) is 0 Å². The van der Waals surface area contributed by atoms with Gasteiger partial charge in [-0.2, -0.15) is 0 Å². The molecular weight excluding hydrogens is 216 g/mol. The second kappa shape index (κ2) is 4.52. The molecule has 0 aliphatic rings. The van der Waals surface area contributed by atoms with Gasteiger partial charge in [-0.25, -0.2) is 13.8 Å². The molecule has 1 aromatic rings. The first-order chi connectivity index (χ1) is 6.60. The molecule has 0 aromatic carbocycles. The van der Waals surface area contributed by atoms with Crippen molar-refractivity contribution in [3.8, 4) is 5.75 Å². The monoisotopic (exact) mass is 223 g/mol. The summed E-state index contributed by atoms with van der Waals surface area (Å²) >= 11 is 5.54. The van der Waals surface area contributed by atoms with Crippen LogP contribution in [0, 0.1) is 0 Å². The average molecular weight is 224 g/mol. The van der Waals surface area contributed by atoms with Gasteiger partial charge >= 0.3 is 0 Å². The zero-order chi connectivity index (χ0) is 10.7. The minimum Gasteiger partial charge on any atom is -0.496 e. The molecule has 0 aliphatic heterocycles. The molecule has 1 heterocycles. The van der Waals surface area contributed by atoms with Crippen LogP contribution in [0.25, 0.3) is 0 Å². The van der Waals surface area contributed by atoms with Crippen molar-refractivity contribution in [3.63, 3.8) is 0 Å². The minimum atomic E-state index is -2.75. The Balaban J connectivity index is 3.33. The molecule has 1 N–H and O–H groups in total. The van der Waals surface area contributed by atoms with E-state index in [2.05, 4.69) is 4.98 Å². The quantitative estimate of drug-likeness (QED) is 0.799. The van der Waals surface area contributed by atoms with Crippen LogP contribution < -0.4 is 4.74 Å². The summed E-state index contributed by atoms with van der Waals surface area (Å²) in [6.07, 6.45) is -2.75. The first-order valence-corrected chi connectivity index (χ1v) is 4.10. The zero-order valence-electron chi connectivity index (χ0n) is 7.30. The number of halogens is 3. The molecule has 0 atom stereocenters. The van der Waals surface area contributed by atoms with Crippen molar-refractivity contribution in [2.45, 2.75) is 13.0 Å². The topological polar surface area (TPSA) is 42.4 Å². The predicted octanol–water partition coefficient (Wildman–Crippen LogP) is 2.17. The van der Waals surface area contributed by atoms with Crippen LogP contribution in [0.3, 0.4) is 0 Å². The Bertz CT molecular complexity index is 308. The number of alkyl halides is 2. The van der Waals surface area contributed by atoms with E-state index < -0.39 is 18.6 Å². The van der Waals surface area contributed by atoms with E-state index in [9.17, 15) is 8.78 Å². The van der Waals surface area contributed by atoms with Gasteiger partial charge in [-0.05, 0) is 0 Å². The van der Waals surface area contributed by atoms with Crippen LogP contribution in [0.15, 0.2) is 6.07 Å². The maximum Gasteiger partial charge on any atom is 0.269 e. The summed E-state index contributed by atoms with van der Waals surface area (Å²) in [6, 6.07) is 1.18. The van der Waals surface area contributed by atoms with Gasteiger partial charge in [0.05, 0.1) is 25.0 Å². The molecule has 3 nitrogen and oxygen atoms in total. The van der Waals surface area contributed by atoms with E-state index in [1.807, 2.05) is 0 Å². The van der Waals surface area contributed by atoms with Crippen molar-refractivity contribution < 1.29 is 18.6 Å². The van der Waals surface area contributed by atoms with Crippen molar-refractivity contribution in [1.29, 1.82) is 0 Å². The molecule has 1 aromatic heterocycles. The van der Waals surface area contributed by atoms with Gasteiger partial charge in [0.1, 0.15) is 10.9 Å². The molecule has 0 spiro atoms. The number of pyridine rings is 1. The van der Waals surface area contributed by atoms with E-state index in [1.54, 1.807) is 0 Å². The highest BCUT2D eigenvalue weighted by atomic mass is 35.5. The maximum atomic E-state index is 12.5. The molecule has 6 heteroatoms. The van der Waals surface area contributed by atoms with Crippen LogP contribution in [-0.2, 0) is 6.61 Å². The molecule has 0 unspecified atom stereocenters. The normalized spacial score (nSPS) is 10.7. The highest BCUT2D eigenvalue weighted by molar-refractivity contribution is 6.29. The van der Waals surface area contributed by atoms with Crippen molar-refractivity contribution in [1.82, 2.24) is 4.98 Å². The van der Waals surface area contributed by atoms with Crippen LogP contribution in [0.4, 0.5) is 8.78 Å². The van der Waals surface area contributed by atoms with Crippen LogP contribution in [-0.4, -0.2) is 17.2 Å². The molecule has 0 amide bonds. The third-order valence-corrected chi connectivity index (χ3v) is 1.85. The molecular formula is C8H8ClF2NO2. The number of aliphatic hydroxyl groups excluding tert-OH is 1. The fourth-order valence-electron chi connectivity index (χ4n) is 1.07. The Kier molecular flexibility index (Phi) is 3.60. The summed E-state index contributed by atoms with van der Waals surface area (Å²) in [6.45, 7) is -0.601. The molecule has 1 rings (SSSR count). The molecule has 0 aliphatic carbocycles. The van der Waals surface area contributed by atoms with Gasteiger partial charge in [0.15, 0.2) is 0 Å². The number of hydrogen-bond acceptors (Lipinski definition) is 3. The predicted molar refractivity (Wildman–Crippen MR) is 46.7 cm³/mol. The summed E-state index contributed by atoms with van der Waals surface area (Å²) in [5.41, 5.74) is -0.580. The highest BCUT2D eigenvalue weighted by Crippen LogP contribution is 2.33. The second-order valence-electron chi connectivity index (χ2n) is 2.47. The van der Waals surface area contributed by atoms with Crippen LogP contribution >= 0.6 is 11.6 Å². The molecule has 14 heavy (non-hydrogen) atoms. The Morgan fingerprint density at radius 3 is 2.71 bits per heavy atom. The fourth-order valence-corrected chi connectivity index (χ4v) is 1.27. The first kappa shape index (κ1) is 11.1. The third kappa shape index (κ3) is 2.10. The standard InChI is InChI=1S/C8H8ClF2NO2/c1-14-5-2-6(9)12-4(3-13)7(5)8(10)11/h2,8,13H,3H2,1H3. The number of hydrogen-bond donors (Lipinski definition) is 1. The van der Waals surface area contributed by atoms with Crippen molar-refractivity contribution >= 4 is 11.6 Å². The van der Waals surface area contributed by atoms with E-state index in [4.69, 9.17) is 21.4 Å². The minimum absolute atomic E-state index is 0.00954. The number of ether oxygens (including phenoxy) is 1. The van der Waals surface area contributed by atoms with Gasteiger partial charge in [0, 0.05) is 6.07 Å². The van der Waals surface area contributed by atoms with Crippen molar-refractivity contribution in [3.05, 3.63) is 22.5 Å². The fraction of sp³-hybridized carbons (Fsp3) is 0.375. The summed E-state index contributed by atoms with van der Waals surface area (Å²) in [5, 5.41) is 8.81. The van der Waals surface area contributed by atoms with Gasteiger partial charge in [-0.15, -0.1) is 0 Å². The third-order valence-electron chi connectivity index (χ3n) is 1.66. The number of aromatic nitrogens is 1. The van der Waals surface area contributed by atoms with Crippen LogP contribution in [0.2, 0.25) is 5.15 Å². The lowest BCUT2D eigenvalue weighted by Crippen LogP contribution is -2.02. The summed E-state index contributed by atoms with van der Waals surface area (Å²) in [4.78, 5) is 3.58. The van der Waals surface area contributed by atoms with E-state index in [0.29, 0.717) is 0 Å². The Morgan fingerprint density at radius 2 is 2.29 bits per heavy atom. The lowest BCUT2D eigenvalue weighted by molar-refractivity contribution is 0.141. The Hall–Kier alpha value is -0.940. The molecule has 78 valence electrons. The summed E-state index contributed by atoms with van der Waals surface area (Å²) in [7, 11) is 1.25. The van der Waals surface area contributed by atoms with E-state index in [-0.39, 0.29) is 16.6 Å². The highest BCUT2D eigenvalue weighted by Gasteiger charge is 2.20. The Morgan fingerprint density at radius 1 is 1.64 bits per heavy atom. The summed E-state index contributed by atoms with van der Waals surface area (Å²) in [5.74, 6) is -0.0657. The molecule has 0 saturated carbocycles. The van der Waals surface area contributed by atoms with E-state index in [0.717, 1.165) is 0 Å². The van der Waals surface area contributed by atoms with Gasteiger partial charge in [0.2, 0.25) is 0 Å². The first-order valence-electron chi connectivity index (χ1n) is 3.72. The molecule has 0 radical (unpaired) electrons. The lowest BCUT2D eigenvalue weighted by Gasteiger charge is -2.11. The maximum absolute atomic E-state index is 12.5.